The largest absolute Gasteiger partial charge is 0.360 e. The van der Waals surface area contributed by atoms with E-state index >= 15 is 0 Å². The van der Waals surface area contributed by atoms with Crippen molar-refractivity contribution in [2.45, 2.75) is 27.3 Å². The lowest BCUT2D eigenvalue weighted by Gasteiger charge is -2.26. The van der Waals surface area contributed by atoms with Crippen molar-refractivity contribution in [3.63, 3.8) is 0 Å². The normalized spacial score (nSPS) is 13.1. The number of aryl methyl sites for hydroxylation is 1. The number of piperazine rings is 1. The van der Waals surface area contributed by atoms with Crippen LogP contribution in [0, 0.1) is 6.92 Å². The molecule has 1 amide bonds. The molecule has 0 atom stereocenters. The highest BCUT2D eigenvalue weighted by Gasteiger charge is 2.12. The van der Waals surface area contributed by atoms with Crippen LogP contribution in [0.15, 0.2) is 54.2 Å². The third-order valence-electron chi connectivity index (χ3n) is 4.51. The Morgan fingerprint density at radius 2 is 1.70 bits per heavy atom. The van der Waals surface area contributed by atoms with E-state index in [1.54, 1.807) is 17.5 Å². The quantitative estimate of drug-likeness (QED) is 0.457. The zero-order chi connectivity index (χ0) is 23.7. The molecule has 1 fully saturated rings. The maximum atomic E-state index is 11.9. The van der Waals surface area contributed by atoms with Gasteiger partial charge < -0.3 is 16.0 Å². The molecule has 1 saturated heterocycles. The van der Waals surface area contributed by atoms with Gasteiger partial charge in [0, 0.05) is 57.4 Å². The Kier molecular flexibility index (Phi) is 12.7. The van der Waals surface area contributed by atoms with Crippen LogP contribution in [0.4, 0.5) is 5.13 Å². The van der Waals surface area contributed by atoms with Crippen molar-refractivity contribution in [2.24, 2.45) is 0 Å². The number of thiazole rings is 1. The maximum absolute atomic E-state index is 11.9. The summed E-state index contributed by atoms with van der Waals surface area (Å²) >= 11 is 1.60. The van der Waals surface area contributed by atoms with Gasteiger partial charge in [0.15, 0.2) is 5.13 Å². The average Bonchev–Trinajstić information content (AvgIpc) is 3.32. The summed E-state index contributed by atoms with van der Waals surface area (Å²) in [6.07, 6.45) is 3.07. The molecule has 178 valence electrons. The summed E-state index contributed by atoms with van der Waals surface area (Å²) in [5.74, 6) is -0.215. The zero-order valence-electron chi connectivity index (χ0n) is 19.8. The second-order valence-electron chi connectivity index (χ2n) is 7.05. The molecule has 0 saturated carbocycles. The highest BCUT2D eigenvalue weighted by atomic mass is 32.1. The molecule has 8 nitrogen and oxygen atoms in total. The van der Waals surface area contributed by atoms with Gasteiger partial charge in [-0.25, -0.2) is 9.97 Å². The molecule has 1 aliphatic heterocycles. The van der Waals surface area contributed by atoms with Gasteiger partial charge in [0.1, 0.15) is 5.69 Å². The number of carbonyl (C=O) groups excluding carboxylic acids is 1. The molecule has 2 aromatic heterocycles. The fourth-order valence-corrected chi connectivity index (χ4v) is 3.62. The summed E-state index contributed by atoms with van der Waals surface area (Å²) in [5.41, 5.74) is 2.21. The minimum atomic E-state index is -0.215. The van der Waals surface area contributed by atoms with Crippen LogP contribution in [0.5, 0.6) is 0 Å². The molecule has 33 heavy (non-hydrogen) atoms. The highest BCUT2D eigenvalue weighted by molar-refractivity contribution is 7.13. The standard InChI is InChI=1S/C16H23N7OS.C6H6.C2H6/c1-12-8-21-14(9-20-12)15(24)18-2-3-19-16-22-13(11-25-16)10-23-6-4-17-5-7-23;1-2-4-6-5-3-1;1-2/h8-9,11,17H,2-7,10H2,1H3,(H,18,24)(H,19,22);1-6H;1-2H3. The molecule has 0 radical (unpaired) electrons. The van der Waals surface area contributed by atoms with E-state index < -0.39 is 0 Å². The number of aromatic nitrogens is 3. The van der Waals surface area contributed by atoms with Crippen LogP contribution in [-0.4, -0.2) is 65.0 Å². The average molecular weight is 470 g/mol. The predicted octanol–water partition coefficient (Wildman–Crippen LogP) is 3.20. The molecule has 3 N–H and O–H groups in total. The molecule has 1 aromatic carbocycles. The fraction of sp³-hybridized carbons (Fsp3) is 0.417. The van der Waals surface area contributed by atoms with Crippen LogP contribution < -0.4 is 16.0 Å². The monoisotopic (exact) mass is 469 g/mol. The van der Waals surface area contributed by atoms with E-state index in [2.05, 4.69) is 41.2 Å². The van der Waals surface area contributed by atoms with E-state index in [9.17, 15) is 4.79 Å². The minimum absolute atomic E-state index is 0.215. The fourth-order valence-electron chi connectivity index (χ4n) is 2.89. The lowest BCUT2D eigenvalue weighted by Crippen LogP contribution is -2.42. The summed E-state index contributed by atoms with van der Waals surface area (Å²) in [6.45, 7) is 12.1. The number of amides is 1. The SMILES string of the molecule is CC.Cc1cnc(C(=O)NCCNc2nc(CN3CCNCC3)cs2)cn1.c1ccccc1. The molecule has 0 bridgehead atoms. The molecule has 9 heteroatoms. The molecule has 1 aliphatic rings. The zero-order valence-corrected chi connectivity index (χ0v) is 20.6. The van der Waals surface area contributed by atoms with Crippen molar-refractivity contribution in [3.05, 3.63) is 71.3 Å². The van der Waals surface area contributed by atoms with E-state index in [1.165, 1.54) is 6.20 Å². The molecule has 0 spiro atoms. The van der Waals surface area contributed by atoms with Gasteiger partial charge in [-0.2, -0.15) is 0 Å². The van der Waals surface area contributed by atoms with Gasteiger partial charge in [-0.1, -0.05) is 50.2 Å². The number of anilines is 1. The van der Waals surface area contributed by atoms with Gasteiger partial charge in [-0.05, 0) is 6.92 Å². The second-order valence-corrected chi connectivity index (χ2v) is 7.91. The molecular formula is C24H35N7OS. The summed E-state index contributed by atoms with van der Waals surface area (Å²) in [6, 6.07) is 12.0. The Morgan fingerprint density at radius 1 is 1.03 bits per heavy atom. The summed E-state index contributed by atoms with van der Waals surface area (Å²) in [5, 5.41) is 12.4. The maximum Gasteiger partial charge on any atom is 0.271 e. The molecule has 3 heterocycles. The topological polar surface area (TPSA) is 95.1 Å². The lowest BCUT2D eigenvalue weighted by atomic mass is 10.3. The van der Waals surface area contributed by atoms with Crippen LogP contribution in [0.1, 0.15) is 35.7 Å². The first-order chi connectivity index (χ1) is 16.2. The minimum Gasteiger partial charge on any atom is -0.360 e. The Labute approximate surface area is 200 Å². The Morgan fingerprint density at radius 3 is 2.30 bits per heavy atom. The van der Waals surface area contributed by atoms with E-state index in [4.69, 9.17) is 0 Å². The lowest BCUT2D eigenvalue weighted by molar-refractivity contribution is 0.0949. The van der Waals surface area contributed by atoms with Crippen molar-refractivity contribution in [2.75, 3.05) is 44.6 Å². The van der Waals surface area contributed by atoms with Crippen molar-refractivity contribution in [3.8, 4) is 0 Å². The Bertz CT molecular complexity index is 870. The number of rotatable bonds is 7. The van der Waals surface area contributed by atoms with Gasteiger partial charge in [0.25, 0.3) is 5.91 Å². The van der Waals surface area contributed by atoms with Crippen LogP contribution in [0.3, 0.4) is 0 Å². The number of hydrogen-bond acceptors (Lipinski definition) is 8. The second kappa shape index (κ2) is 15.8. The van der Waals surface area contributed by atoms with Gasteiger partial charge >= 0.3 is 0 Å². The summed E-state index contributed by atoms with van der Waals surface area (Å²) in [7, 11) is 0. The van der Waals surface area contributed by atoms with Crippen molar-refractivity contribution >= 4 is 22.4 Å². The number of nitrogens with zero attached hydrogens (tertiary/aromatic N) is 4. The Balaban J connectivity index is 0.000000411. The van der Waals surface area contributed by atoms with Crippen LogP contribution >= 0.6 is 11.3 Å². The van der Waals surface area contributed by atoms with Crippen LogP contribution in [0.25, 0.3) is 0 Å². The molecule has 3 aromatic rings. The molecule has 4 rings (SSSR count). The molecule has 0 unspecified atom stereocenters. The van der Waals surface area contributed by atoms with E-state index in [-0.39, 0.29) is 5.91 Å². The van der Waals surface area contributed by atoms with Crippen LogP contribution in [-0.2, 0) is 6.54 Å². The summed E-state index contributed by atoms with van der Waals surface area (Å²) < 4.78 is 0. The number of hydrogen-bond donors (Lipinski definition) is 3. The Hall–Kier alpha value is -2.88. The van der Waals surface area contributed by atoms with Crippen molar-refractivity contribution in [1.82, 2.24) is 30.5 Å². The van der Waals surface area contributed by atoms with Gasteiger partial charge in [-0.15, -0.1) is 11.3 Å². The molecular weight excluding hydrogens is 434 g/mol. The van der Waals surface area contributed by atoms with Crippen LogP contribution in [0.2, 0.25) is 0 Å². The van der Waals surface area contributed by atoms with Gasteiger partial charge in [0.05, 0.1) is 17.6 Å². The van der Waals surface area contributed by atoms with Gasteiger partial charge in [-0.3, -0.25) is 14.7 Å². The third kappa shape index (κ3) is 10.5. The van der Waals surface area contributed by atoms with Gasteiger partial charge in [0.2, 0.25) is 0 Å². The van der Waals surface area contributed by atoms with Crippen molar-refractivity contribution in [1.29, 1.82) is 0 Å². The van der Waals surface area contributed by atoms with E-state index in [1.807, 2.05) is 57.2 Å². The molecule has 0 aliphatic carbocycles. The first-order valence-corrected chi connectivity index (χ1v) is 12.3. The number of nitrogens with one attached hydrogen (secondary N) is 3. The first-order valence-electron chi connectivity index (χ1n) is 11.4. The first kappa shape index (κ1) is 26.4. The number of benzene rings is 1. The van der Waals surface area contributed by atoms with E-state index in [0.717, 1.165) is 49.2 Å². The number of carbonyl (C=O) groups is 1. The van der Waals surface area contributed by atoms with E-state index in [0.29, 0.717) is 18.8 Å². The smallest absolute Gasteiger partial charge is 0.271 e. The third-order valence-corrected chi connectivity index (χ3v) is 5.36. The van der Waals surface area contributed by atoms with Crippen molar-refractivity contribution < 1.29 is 4.79 Å². The summed E-state index contributed by atoms with van der Waals surface area (Å²) in [4.78, 5) is 27.1. The highest BCUT2D eigenvalue weighted by Crippen LogP contribution is 2.16. The predicted molar refractivity (Wildman–Crippen MR) is 136 cm³/mol.